The van der Waals surface area contributed by atoms with Crippen molar-refractivity contribution >= 4 is 23.4 Å². The first-order valence-electron chi connectivity index (χ1n) is 13.0. The summed E-state index contributed by atoms with van der Waals surface area (Å²) in [5.41, 5.74) is 2.12. The molecular formula is C29H29F2N3O5. The lowest BCUT2D eigenvalue weighted by Crippen LogP contribution is -2.40. The van der Waals surface area contributed by atoms with E-state index in [4.69, 9.17) is 14.2 Å². The highest BCUT2D eigenvalue weighted by Crippen LogP contribution is 2.36. The molecular weight excluding hydrogens is 508 g/mol. The van der Waals surface area contributed by atoms with Crippen molar-refractivity contribution in [1.82, 2.24) is 4.98 Å². The molecule has 1 saturated carbocycles. The molecule has 204 valence electrons. The molecule has 0 unspecified atom stereocenters. The minimum atomic E-state index is -0.850. The first kappa shape index (κ1) is 26.4. The van der Waals surface area contributed by atoms with Crippen molar-refractivity contribution in [3.05, 3.63) is 66.4 Å². The first-order valence-corrected chi connectivity index (χ1v) is 13.0. The Morgan fingerprint density at radius 3 is 2.56 bits per heavy atom. The Balaban J connectivity index is 1.22. The summed E-state index contributed by atoms with van der Waals surface area (Å²) >= 11 is 0. The van der Waals surface area contributed by atoms with Gasteiger partial charge in [0.15, 0.2) is 0 Å². The van der Waals surface area contributed by atoms with Gasteiger partial charge in [-0.1, -0.05) is 6.07 Å². The minimum absolute atomic E-state index is 0.00619. The fraction of sp³-hybridized carbons (Fsp3) is 0.345. The van der Waals surface area contributed by atoms with Crippen LogP contribution < -0.4 is 19.7 Å². The second kappa shape index (κ2) is 11.7. The topological polar surface area (TPSA) is 90.0 Å². The van der Waals surface area contributed by atoms with Crippen LogP contribution in [-0.2, 0) is 9.53 Å². The summed E-state index contributed by atoms with van der Waals surface area (Å²) in [6, 6.07) is 11.6. The average molecular weight is 538 g/mol. The maximum Gasteiger partial charge on any atom is 0.326 e. The van der Waals surface area contributed by atoms with E-state index in [1.807, 2.05) is 31.2 Å². The van der Waals surface area contributed by atoms with Crippen LogP contribution in [0.2, 0.25) is 0 Å². The number of benzene rings is 2. The van der Waals surface area contributed by atoms with Gasteiger partial charge in [-0.25, -0.2) is 18.6 Å². The molecule has 1 aromatic heterocycles. The van der Waals surface area contributed by atoms with Crippen molar-refractivity contribution in [2.24, 2.45) is 5.92 Å². The number of ether oxygens (including phenoxy) is 3. The highest BCUT2D eigenvalue weighted by molar-refractivity contribution is 6.03. The van der Waals surface area contributed by atoms with E-state index in [2.05, 4.69) is 10.3 Å². The molecule has 5 rings (SSSR count). The van der Waals surface area contributed by atoms with Crippen LogP contribution in [0.15, 0.2) is 54.7 Å². The van der Waals surface area contributed by atoms with Crippen molar-refractivity contribution in [3.8, 4) is 22.8 Å². The number of esters is 1. The predicted octanol–water partition coefficient (Wildman–Crippen LogP) is 5.96. The van der Waals surface area contributed by atoms with Crippen molar-refractivity contribution in [3.63, 3.8) is 0 Å². The second-order valence-electron chi connectivity index (χ2n) is 9.47. The van der Waals surface area contributed by atoms with Crippen LogP contribution in [0.1, 0.15) is 32.6 Å². The van der Waals surface area contributed by atoms with Crippen LogP contribution in [0.25, 0.3) is 11.1 Å². The number of halogens is 2. The number of carbonyl (C=O) groups excluding carboxylic acids is 2. The summed E-state index contributed by atoms with van der Waals surface area (Å²) in [4.78, 5) is 30.7. The number of anilines is 2. The van der Waals surface area contributed by atoms with E-state index in [9.17, 15) is 18.4 Å². The van der Waals surface area contributed by atoms with E-state index in [0.29, 0.717) is 23.9 Å². The van der Waals surface area contributed by atoms with Gasteiger partial charge in [0.1, 0.15) is 30.1 Å². The third-order valence-electron chi connectivity index (χ3n) is 6.89. The molecule has 3 aromatic rings. The van der Waals surface area contributed by atoms with Crippen LogP contribution in [0.3, 0.4) is 0 Å². The summed E-state index contributed by atoms with van der Waals surface area (Å²) in [6.45, 7) is 2.75. The van der Waals surface area contributed by atoms with E-state index >= 15 is 0 Å². The van der Waals surface area contributed by atoms with Crippen molar-refractivity contribution < 1.29 is 32.6 Å². The van der Waals surface area contributed by atoms with Gasteiger partial charge >= 0.3 is 12.0 Å². The number of amides is 2. The molecule has 0 saturated heterocycles. The lowest BCUT2D eigenvalue weighted by molar-refractivity contribution is -0.149. The molecule has 1 N–H and O–H groups in total. The first-order chi connectivity index (χ1) is 18.9. The van der Waals surface area contributed by atoms with Gasteiger partial charge in [-0.3, -0.25) is 9.69 Å². The zero-order valence-electron chi connectivity index (χ0n) is 21.5. The quantitative estimate of drug-likeness (QED) is 0.391. The highest BCUT2D eigenvalue weighted by atomic mass is 19.1. The van der Waals surface area contributed by atoms with E-state index in [1.165, 1.54) is 11.0 Å². The normalized spacial score (nSPS) is 18.5. The summed E-state index contributed by atoms with van der Waals surface area (Å²) in [6.07, 6.45) is 4.74. The predicted molar refractivity (Wildman–Crippen MR) is 141 cm³/mol. The molecule has 2 aromatic carbocycles. The summed E-state index contributed by atoms with van der Waals surface area (Å²) in [5.74, 6) is -0.732. The molecule has 0 spiro atoms. The average Bonchev–Trinajstić information content (AvgIpc) is 2.95. The van der Waals surface area contributed by atoms with Gasteiger partial charge in [0.05, 0.1) is 30.4 Å². The van der Waals surface area contributed by atoms with Crippen LogP contribution in [0, 0.1) is 17.6 Å². The number of aromatic nitrogens is 1. The van der Waals surface area contributed by atoms with E-state index < -0.39 is 17.7 Å². The Bertz CT molecular complexity index is 1340. The van der Waals surface area contributed by atoms with E-state index in [1.54, 1.807) is 12.3 Å². The lowest BCUT2D eigenvalue weighted by Gasteiger charge is -2.30. The number of carbonyl (C=O) groups is 2. The van der Waals surface area contributed by atoms with Crippen molar-refractivity contribution in [2.45, 2.75) is 38.7 Å². The van der Waals surface area contributed by atoms with Gasteiger partial charge in [-0.15, -0.1) is 0 Å². The summed E-state index contributed by atoms with van der Waals surface area (Å²) in [5, 5.41) is 2.49. The fourth-order valence-electron chi connectivity index (χ4n) is 4.85. The molecule has 1 fully saturated rings. The molecule has 0 bridgehead atoms. The molecule has 10 heteroatoms. The number of fused-ring (bicyclic) bond motifs is 1. The monoisotopic (exact) mass is 537 g/mol. The maximum atomic E-state index is 14.0. The highest BCUT2D eigenvalue weighted by Gasteiger charge is 2.29. The zero-order chi connectivity index (χ0) is 27.4. The smallest absolute Gasteiger partial charge is 0.326 e. The van der Waals surface area contributed by atoms with Crippen LogP contribution in [0.5, 0.6) is 11.6 Å². The van der Waals surface area contributed by atoms with Crippen LogP contribution >= 0.6 is 0 Å². The number of nitrogens with zero attached hydrogens (tertiary/aromatic N) is 2. The van der Waals surface area contributed by atoms with E-state index in [-0.39, 0.29) is 36.8 Å². The van der Waals surface area contributed by atoms with E-state index in [0.717, 1.165) is 48.9 Å². The van der Waals surface area contributed by atoms with Gasteiger partial charge in [0.25, 0.3) is 0 Å². The standard InChI is InChI=1S/C29H29F2N3O5/c1-2-37-28(35)18-3-8-22(9-4-18)39-27-12-6-20(17-32-27)19-5-11-25-26(15-19)38-14-13-34(25)29(36)33-24-10-7-21(30)16-23(24)31/h5-7,10-12,15-18,22H,2-4,8-9,13-14H2,1H3,(H,33,36). The Morgan fingerprint density at radius 2 is 1.85 bits per heavy atom. The maximum absolute atomic E-state index is 14.0. The van der Waals surface area contributed by atoms with Gasteiger partial charge in [0, 0.05) is 23.9 Å². The molecule has 0 radical (unpaired) electrons. The van der Waals surface area contributed by atoms with Crippen molar-refractivity contribution in [2.75, 3.05) is 30.0 Å². The number of rotatable bonds is 6. The molecule has 0 atom stereocenters. The molecule has 2 heterocycles. The zero-order valence-corrected chi connectivity index (χ0v) is 21.5. The summed E-state index contributed by atoms with van der Waals surface area (Å²) in [7, 11) is 0. The Hall–Kier alpha value is -4.21. The molecule has 39 heavy (non-hydrogen) atoms. The fourth-order valence-corrected chi connectivity index (χ4v) is 4.85. The SMILES string of the molecule is CCOC(=O)C1CCC(Oc2ccc(-c3ccc4c(c3)OCCN4C(=O)Nc3ccc(F)cc3F)cn2)CC1. The van der Waals surface area contributed by atoms with Crippen molar-refractivity contribution in [1.29, 1.82) is 0 Å². The molecule has 1 aliphatic carbocycles. The van der Waals surface area contributed by atoms with Gasteiger partial charge < -0.3 is 19.5 Å². The summed E-state index contributed by atoms with van der Waals surface area (Å²) < 4.78 is 44.2. The largest absolute Gasteiger partial charge is 0.490 e. The number of urea groups is 1. The Labute approximate surface area is 224 Å². The lowest BCUT2D eigenvalue weighted by atomic mass is 9.87. The molecule has 1 aliphatic heterocycles. The molecule has 2 aliphatic rings. The Kier molecular flexibility index (Phi) is 7.90. The third kappa shape index (κ3) is 6.10. The van der Waals surface area contributed by atoms with Gasteiger partial charge in [-0.2, -0.15) is 0 Å². The Morgan fingerprint density at radius 1 is 1.05 bits per heavy atom. The van der Waals surface area contributed by atoms with Gasteiger partial charge in [-0.05, 0) is 68.5 Å². The number of hydrogen-bond donors (Lipinski definition) is 1. The number of nitrogens with one attached hydrogen (secondary N) is 1. The minimum Gasteiger partial charge on any atom is -0.490 e. The number of hydrogen-bond acceptors (Lipinski definition) is 6. The molecule has 8 nitrogen and oxygen atoms in total. The number of pyridine rings is 1. The molecule has 2 amide bonds. The second-order valence-corrected chi connectivity index (χ2v) is 9.47. The van der Waals surface area contributed by atoms with Crippen LogP contribution in [0.4, 0.5) is 25.0 Å². The van der Waals surface area contributed by atoms with Gasteiger partial charge in [0.2, 0.25) is 5.88 Å². The third-order valence-corrected chi connectivity index (χ3v) is 6.89. The van der Waals surface area contributed by atoms with Crippen LogP contribution in [-0.4, -0.2) is 42.8 Å².